The van der Waals surface area contributed by atoms with Crippen LogP contribution in [-0.4, -0.2) is 42.6 Å². The van der Waals surface area contributed by atoms with Gasteiger partial charge in [-0.2, -0.15) is 5.26 Å². The van der Waals surface area contributed by atoms with Crippen LogP contribution < -0.4 is 10.5 Å². The zero-order valence-electron chi connectivity index (χ0n) is 19.9. The van der Waals surface area contributed by atoms with Crippen LogP contribution in [-0.2, 0) is 10.3 Å². The third kappa shape index (κ3) is 5.04. The maximum atomic E-state index is 12.2. The summed E-state index contributed by atoms with van der Waals surface area (Å²) in [7, 11) is 3.27. The molecule has 1 unspecified atom stereocenters. The minimum absolute atomic E-state index is 0.156. The van der Waals surface area contributed by atoms with Crippen molar-refractivity contribution in [2.24, 2.45) is 11.1 Å². The molecule has 2 rings (SSSR count). The number of rotatable bonds is 6. The molecular weight excluding hydrogens is 444 g/mol. The van der Waals surface area contributed by atoms with Gasteiger partial charge in [0.15, 0.2) is 0 Å². The number of carbonyl (C=O) groups is 2. The highest BCUT2D eigenvalue weighted by molar-refractivity contribution is 6.32. The lowest BCUT2D eigenvalue weighted by Gasteiger charge is -2.42. The first-order chi connectivity index (χ1) is 15.3. The molecule has 1 aromatic carbocycles. The van der Waals surface area contributed by atoms with Crippen LogP contribution in [0.25, 0.3) is 11.1 Å². The molecule has 1 heterocycles. The monoisotopic (exact) mass is 472 g/mol. The Morgan fingerprint density at radius 1 is 1.24 bits per heavy atom. The van der Waals surface area contributed by atoms with E-state index >= 15 is 0 Å². The fourth-order valence-electron chi connectivity index (χ4n) is 3.38. The molecule has 176 valence electrons. The highest BCUT2D eigenvalue weighted by Crippen LogP contribution is 2.51. The lowest BCUT2D eigenvalue weighted by atomic mass is 9.72. The van der Waals surface area contributed by atoms with Crippen LogP contribution in [0.4, 0.5) is 4.79 Å². The molecule has 0 aliphatic heterocycles. The van der Waals surface area contributed by atoms with E-state index in [1.54, 1.807) is 46.1 Å². The van der Waals surface area contributed by atoms with Gasteiger partial charge in [-0.1, -0.05) is 38.4 Å². The van der Waals surface area contributed by atoms with Gasteiger partial charge in [0, 0.05) is 42.4 Å². The van der Waals surface area contributed by atoms with Crippen LogP contribution in [0.1, 0.15) is 56.2 Å². The molecule has 1 atom stereocenters. The van der Waals surface area contributed by atoms with Crippen molar-refractivity contribution in [2.45, 2.75) is 40.2 Å². The van der Waals surface area contributed by atoms with E-state index < -0.39 is 17.1 Å². The maximum Gasteiger partial charge on any atom is 0.405 e. The van der Waals surface area contributed by atoms with Crippen molar-refractivity contribution < 1.29 is 19.1 Å². The summed E-state index contributed by atoms with van der Waals surface area (Å²) < 4.78 is 11.6. The molecule has 2 amide bonds. The van der Waals surface area contributed by atoms with Crippen molar-refractivity contribution in [3.05, 3.63) is 46.2 Å². The Kier molecular flexibility index (Phi) is 7.60. The zero-order valence-corrected chi connectivity index (χ0v) is 20.7. The van der Waals surface area contributed by atoms with Crippen LogP contribution in [0, 0.1) is 16.7 Å². The van der Waals surface area contributed by atoms with Gasteiger partial charge in [-0.15, -0.1) is 0 Å². The standard InChI is InChI=1S/C24H29ClN4O4/c1-8-32-20-16(24(5,23(2,3)4)33-22(27)31)11-17(25)15(12-26)19(20)14-9-10-18(28-13-14)21(30)29(6)7/h9-11,13H,8H2,1-7H3,(H2,27,31). The SMILES string of the molecule is CCOc1c(C(C)(OC(N)=O)C(C)(C)C)cc(Cl)c(C#N)c1-c1ccc(C(=O)N(C)C)nc1. The molecule has 0 radical (unpaired) electrons. The van der Waals surface area contributed by atoms with Crippen LogP contribution >= 0.6 is 11.6 Å². The second kappa shape index (κ2) is 9.67. The molecule has 0 saturated heterocycles. The molecule has 33 heavy (non-hydrogen) atoms. The number of aromatic nitrogens is 1. The summed E-state index contributed by atoms with van der Waals surface area (Å²) in [5.41, 5.74) is 5.34. The van der Waals surface area contributed by atoms with Gasteiger partial charge in [-0.3, -0.25) is 9.78 Å². The van der Waals surface area contributed by atoms with Crippen molar-refractivity contribution in [1.29, 1.82) is 5.26 Å². The molecule has 2 aromatic rings. The van der Waals surface area contributed by atoms with Gasteiger partial charge in [0.05, 0.1) is 17.2 Å². The number of hydrogen-bond acceptors (Lipinski definition) is 6. The number of ether oxygens (including phenoxy) is 2. The minimum Gasteiger partial charge on any atom is -0.493 e. The van der Waals surface area contributed by atoms with Gasteiger partial charge in [-0.05, 0) is 26.0 Å². The average Bonchev–Trinajstić information content (AvgIpc) is 2.72. The third-order valence-corrected chi connectivity index (χ3v) is 5.86. The molecule has 8 nitrogen and oxygen atoms in total. The summed E-state index contributed by atoms with van der Waals surface area (Å²) >= 11 is 6.54. The number of amides is 2. The third-order valence-electron chi connectivity index (χ3n) is 5.56. The Bertz CT molecular complexity index is 1100. The number of hydrogen-bond donors (Lipinski definition) is 1. The number of primary amides is 1. The smallest absolute Gasteiger partial charge is 0.405 e. The van der Waals surface area contributed by atoms with E-state index in [0.717, 1.165) is 0 Å². The maximum absolute atomic E-state index is 12.2. The minimum atomic E-state index is -1.25. The van der Waals surface area contributed by atoms with Gasteiger partial charge >= 0.3 is 6.09 Å². The summed E-state index contributed by atoms with van der Waals surface area (Å²) in [5, 5.41) is 10.0. The van der Waals surface area contributed by atoms with Crippen molar-refractivity contribution in [1.82, 2.24) is 9.88 Å². The van der Waals surface area contributed by atoms with Crippen molar-refractivity contribution in [3.8, 4) is 22.9 Å². The number of pyridine rings is 1. The molecule has 0 spiro atoms. The lowest BCUT2D eigenvalue weighted by molar-refractivity contribution is -0.0573. The lowest BCUT2D eigenvalue weighted by Crippen LogP contribution is -2.43. The summed E-state index contributed by atoms with van der Waals surface area (Å²) in [6.45, 7) is 9.46. The van der Waals surface area contributed by atoms with E-state index in [4.69, 9.17) is 26.8 Å². The number of carbonyl (C=O) groups excluding carboxylic acids is 2. The molecule has 0 fully saturated rings. The summed E-state index contributed by atoms with van der Waals surface area (Å²) in [4.78, 5) is 29.8. The van der Waals surface area contributed by atoms with E-state index in [2.05, 4.69) is 11.1 Å². The van der Waals surface area contributed by atoms with E-state index in [1.165, 1.54) is 11.1 Å². The fraction of sp³-hybridized carbons (Fsp3) is 0.417. The van der Waals surface area contributed by atoms with Gasteiger partial charge in [0.1, 0.15) is 23.1 Å². The Morgan fingerprint density at radius 3 is 2.30 bits per heavy atom. The topological polar surface area (TPSA) is 119 Å². The van der Waals surface area contributed by atoms with Crippen molar-refractivity contribution in [2.75, 3.05) is 20.7 Å². The second-order valence-corrected chi connectivity index (χ2v) is 9.27. The zero-order chi connectivity index (χ0) is 25.1. The normalized spacial score (nSPS) is 12.9. The molecule has 9 heteroatoms. The number of benzene rings is 1. The number of nitrogens with zero attached hydrogens (tertiary/aromatic N) is 3. The summed E-state index contributed by atoms with van der Waals surface area (Å²) in [5.74, 6) is 0.0691. The molecular formula is C24H29ClN4O4. The Hall–Kier alpha value is -3.31. The Labute approximate surface area is 199 Å². The Balaban J connectivity index is 2.91. The molecule has 0 bridgehead atoms. The van der Waals surface area contributed by atoms with Crippen LogP contribution in [0.15, 0.2) is 24.4 Å². The van der Waals surface area contributed by atoms with Gasteiger partial charge in [-0.25, -0.2) is 4.79 Å². The molecule has 0 aliphatic carbocycles. The molecule has 2 N–H and O–H groups in total. The summed E-state index contributed by atoms with van der Waals surface area (Å²) in [6, 6.07) is 6.94. The van der Waals surface area contributed by atoms with Crippen molar-refractivity contribution >= 4 is 23.6 Å². The van der Waals surface area contributed by atoms with Crippen LogP contribution in [0.2, 0.25) is 5.02 Å². The number of halogens is 1. The number of nitriles is 1. The first-order valence-electron chi connectivity index (χ1n) is 10.3. The van der Waals surface area contributed by atoms with Gasteiger partial charge in [0.25, 0.3) is 5.91 Å². The predicted octanol–water partition coefficient (Wildman–Crippen LogP) is 4.73. The van der Waals surface area contributed by atoms with Crippen LogP contribution in [0.5, 0.6) is 5.75 Å². The first-order valence-corrected chi connectivity index (χ1v) is 10.7. The predicted molar refractivity (Wildman–Crippen MR) is 126 cm³/mol. The van der Waals surface area contributed by atoms with E-state index in [0.29, 0.717) is 22.4 Å². The van der Waals surface area contributed by atoms with E-state index in [1.807, 2.05) is 20.8 Å². The van der Waals surface area contributed by atoms with Crippen LogP contribution in [0.3, 0.4) is 0 Å². The van der Waals surface area contributed by atoms with Gasteiger partial charge in [0.2, 0.25) is 0 Å². The molecule has 0 aliphatic rings. The fourth-order valence-corrected chi connectivity index (χ4v) is 3.62. The molecule has 0 saturated carbocycles. The highest BCUT2D eigenvalue weighted by Gasteiger charge is 2.46. The Morgan fingerprint density at radius 2 is 1.88 bits per heavy atom. The largest absolute Gasteiger partial charge is 0.493 e. The second-order valence-electron chi connectivity index (χ2n) is 8.87. The summed E-state index contributed by atoms with van der Waals surface area (Å²) in [6.07, 6.45) is 0.531. The quantitative estimate of drug-likeness (QED) is 0.649. The highest BCUT2D eigenvalue weighted by atomic mass is 35.5. The first kappa shape index (κ1) is 25.9. The number of nitrogens with two attached hydrogens (primary N) is 1. The van der Waals surface area contributed by atoms with Crippen molar-refractivity contribution in [3.63, 3.8) is 0 Å². The van der Waals surface area contributed by atoms with Gasteiger partial charge < -0.3 is 20.1 Å². The van der Waals surface area contributed by atoms with E-state index in [9.17, 15) is 14.9 Å². The van der Waals surface area contributed by atoms with E-state index in [-0.39, 0.29) is 28.8 Å². The molecule has 1 aromatic heterocycles. The average molecular weight is 473 g/mol.